The Morgan fingerprint density at radius 2 is 2.31 bits per heavy atom. The van der Waals surface area contributed by atoms with Gasteiger partial charge in [-0.1, -0.05) is 22.9 Å². The molecule has 1 fully saturated rings. The van der Waals surface area contributed by atoms with E-state index in [-0.39, 0.29) is 0 Å². The van der Waals surface area contributed by atoms with Gasteiger partial charge < -0.3 is 4.74 Å². The Kier molecular flexibility index (Phi) is 4.93. The van der Waals surface area contributed by atoms with Gasteiger partial charge in [-0.3, -0.25) is 0 Å². The number of thiophene rings is 1. The highest BCUT2D eigenvalue weighted by Gasteiger charge is 2.34. The van der Waals surface area contributed by atoms with Crippen LogP contribution in [0.1, 0.15) is 29.5 Å². The Labute approximate surface area is 125 Å². The van der Waals surface area contributed by atoms with Gasteiger partial charge in [0.15, 0.2) is 0 Å². The molecule has 3 atom stereocenters. The summed E-state index contributed by atoms with van der Waals surface area (Å²) in [4.78, 5) is 1.78. The van der Waals surface area contributed by atoms with Crippen LogP contribution in [-0.4, -0.2) is 12.7 Å². The van der Waals surface area contributed by atoms with Gasteiger partial charge in [0.25, 0.3) is 0 Å². The molecule has 16 heavy (non-hydrogen) atoms. The Hall–Kier alpha value is 1.10. The number of alkyl halides is 1. The number of hydrogen-bond donors (Lipinski definition) is 0. The molecule has 0 bridgehead atoms. The Morgan fingerprint density at radius 3 is 2.88 bits per heavy atom. The van der Waals surface area contributed by atoms with E-state index in [4.69, 9.17) is 4.74 Å². The molecule has 3 unspecified atom stereocenters. The molecule has 2 heterocycles. The highest BCUT2D eigenvalue weighted by atomic mass is 79.9. The molecule has 0 saturated carbocycles. The normalized spacial score (nSPS) is 27.2. The topological polar surface area (TPSA) is 9.23 Å². The van der Waals surface area contributed by atoms with Crippen molar-refractivity contribution in [1.82, 2.24) is 0 Å². The summed E-state index contributed by atoms with van der Waals surface area (Å²) >= 11 is 12.7. The second-order valence-electron chi connectivity index (χ2n) is 3.94. The maximum Gasteiger partial charge on any atom is 0.0843 e. The van der Waals surface area contributed by atoms with E-state index < -0.39 is 0 Å². The Morgan fingerprint density at radius 1 is 1.56 bits per heavy atom. The second-order valence-corrected chi connectivity index (χ2v) is 8.18. The molecule has 1 aromatic rings. The highest BCUT2D eigenvalue weighted by Crippen LogP contribution is 2.45. The van der Waals surface area contributed by atoms with Gasteiger partial charge in [-0.05, 0) is 50.8 Å². The van der Waals surface area contributed by atoms with Gasteiger partial charge in [0, 0.05) is 21.9 Å². The Bertz CT molecular complexity index is 347. The largest absolute Gasteiger partial charge is 0.378 e. The maximum atomic E-state index is 5.75. The minimum Gasteiger partial charge on any atom is -0.378 e. The quantitative estimate of drug-likeness (QED) is 0.571. The number of halogens is 3. The minimum atomic E-state index is 0.407. The first-order chi connectivity index (χ1) is 7.63. The first-order valence-electron chi connectivity index (χ1n) is 5.34. The van der Waals surface area contributed by atoms with E-state index in [1.54, 1.807) is 11.3 Å². The third kappa shape index (κ3) is 2.74. The molecule has 0 aliphatic carbocycles. The van der Waals surface area contributed by atoms with Crippen LogP contribution >= 0.6 is 59.1 Å². The lowest BCUT2D eigenvalue weighted by molar-refractivity contribution is 0.0874. The van der Waals surface area contributed by atoms with E-state index in [0.29, 0.717) is 16.8 Å². The molecule has 90 valence electrons. The molecule has 1 aromatic heterocycles. The SMILES string of the molecule is CCC1OCCC1C(Br)c1cc(Br)c(Br)s1. The summed E-state index contributed by atoms with van der Waals surface area (Å²) in [6, 6.07) is 2.19. The molecule has 1 aliphatic rings. The van der Waals surface area contributed by atoms with Gasteiger partial charge >= 0.3 is 0 Å². The molecular weight excluding hydrogens is 420 g/mol. The fraction of sp³-hybridized carbons (Fsp3) is 0.636. The van der Waals surface area contributed by atoms with Crippen LogP contribution in [0.5, 0.6) is 0 Å². The van der Waals surface area contributed by atoms with Crippen LogP contribution in [0.3, 0.4) is 0 Å². The zero-order valence-electron chi connectivity index (χ0n) is 8.88. The van der Waals surface area contributed by atoms with Gasteiger partial charge in [0.1, 0.15) is 0 Å². The van der Waals surface area contributed by atoms with Crippen LogP contribution in [0.2, 0.25) is 0 Å². The zero-order chi connectivity index (χ0) is 11.7. The first kappa shape index (κ1) is 13.5. The monoisotopic (exact) mass is 430 g/mol. The zero-order valence-corrected chi connectivity index (χ0v) is 14.5. The van der Waals surface area contributed by atoms with Gasteiger partial charge in [-0.25, -0.2) is 0 Å². The van der Waals surface area contributed by atoms with Crippen molar-refractivity contribution >= 4 is 59.1 Å². The molecule has 0 radical (unpaired) electrons. The van der Waals surface area contributed by atoms with Crippen LogP contribution in [-0.2, 0) is 4.74 Å². The fourth-order valence-corrected chi connectivity index (χ4v) is 5.29. The van der Waals surface area contributed by atoms with Crippen molar-refractivity contribution in [3.8, 4) is 0 Å². The summed E-state index contributed by atoms with van der Waals surface area (Å²) < 4.78 is 8.05. The van der Waals surface area contributed by atoms with Crippen LogP contribution in [0.4, 0.5) is 0 Å². The molecule has 0 N–H and O–H groups in total. The van der Waals surface area contributed by atoms with Gasteiger partial charge in [-0.15, -0.1) is 11.3 Å². The van der Waals surface area contributed by atoms with Crippen LogP contribution in [0, 0.1) is 5.92 Å². The number of rotatable bonds is 3. The van der Waals surface area contributed by atoms with E-state index in [1.165, 1.54) is 8.66 Å². The predicted octanol–water partition coefficient (Wildman–Crippen LogP) is 5.52. The van der Waals surface area contributed by atoms with E-state index in [1.807, 2.05) is 0 Å². The molecular formula is C11H13Br3OS. The maximum absolute atomic E-state index is 5.75. The average molecular weight is 433 g/mol. The summed E-state index contributed by atoms with van der Waals surface area (Å²) in [5.41, 5.74) is 0. The molecule has 0 aromatic carbocycles. The molecule has 1 saturated heterocycles. The second kappa shape index (κ2) is 5.83. The van der Waals surface area contributed by atoms with Gasteiger partial charge in [0.2, 0.25) is 0 Å². The number of hydrogen-bond acceptors (Lipinski definition) is 2. The molecule has 0 amide bonds. The molecule has 2 rings (SSSR count). The summed E-state index contributed by atoms with van der Waals surface area (Å²) in [5, 5.41) is 0. The minimum absolute atomic E-state index is 0.407. The van der Waals surface area contributed by atoms with Crippen LogP contribution in [0.15, 0.2) is 14.3 Å². The standard InChI is InChI=1S/C11H13Br3OS/c1-2-8-6(3-4-15-8)10(13)9-5-7(12)11(14)16-9/h5-6,8,10H,2-4H2,1H3. The summed E-state index contributed by atoms with van der Waals surface area (Å²) in [5.74, 6) is 0.599. The van der Waals surface area contributed by atoms with E-state index in [0.717, 1.165) is 23.9 Å². The lowest BCUT2D eigenvalue weighted by Crippen LogP contribution is -2.18. The van der Waals surface area contributed by atoms with Crippen molar-refractivity contribution in [2.24, 2.45) is 5.92 Å². The van der Waals surface area contributed by atoms with Gasteiger partial charge in [0.05, 0.1) is 14.7 Å². The summed E-state index contributed by atoms with van der Waals surface area (Å²) in [7, 11) is 0. The smallest absolute Gasteiger partial charge is 0.0843 e. The van der Waals surface area contributed by atoms with Crippen molar-refractivity contribution in [2.75, 3.05) is 6.61 Å². The lowest BCUT2D eigenvalue weighted by atomic mass is 9.95. The van der Waals surface area contributed by atoms with Crippen LogP contribution < -0.4 is 0 Å². The van der Waals surface area contributed by atoms with Crippen molar-refractivity contribution in [3.05, 3.63) is 19.2 Å². The lowest BCUT2D eigenvalue weighted by Gasteiger charge is -2.21. The highest BCUT2D eigenvalue weighted by molar-refractivity contribution is 9.13. The molecule has 1 aliphatic heterocycles. The first-order valence-corrected chi connectivity index (χ1v) is 8.65. The average Bonchev–Trinajstić information content (AvgIpc) is 2.85. The van der Waals surface area contributed by atoms with Gasteiger partial charge in [-0.2, -0.15) is 0 Å². The van der Waals surface area contributed by atoms with Crippen molar-refractivity contribution in [2.45, 2.75) is 30.7 Å². The third-order valence-electron chi connectivity index (χ3n) is 2.97. The summed E-state index contributed by atoms with van der Waals surface area (Å²) in [6.45, 7) is 3.10. The number of ether oxygens (including phenoxy) is 1. The van der Waals surface area contributed by atoms with E-state index in [2.05, 4.69) is 60.8 Å². The Balaban J connectivity index is 2.14. The molecule has 1 nitrogen and oxygen atoms in total. The molecule has 0 spiro atoms. The van der Waals surface area contributed by atoms with Crippen LogP contribution in [0.25, 0.3) is 0 Å². The summed E-state index contributed by atoms with van der Waals surface area (Å²) in [6.07, 6.45) is 2.66. The predicted molar refractivity (Wildman–Crippen MR) is 79.5 cm³/mol. The third-order valence-corrected chi connectivity index (χ3v) is 7.79. The van der Waals surface area contributed by atoms with E-state index >= 15 is 0 Å². The molecule has 5 heteroatoms. The van der Waals surface area contributed by atoms with E-state index in [9.17, 15) is 0 Å². The van der Waals surface area contributed by atoms with Crippen molar-refractivity contribution in [3.63, 3.8) is 0 Å². The van der Waals surface area contributed by atoms with Crippen molar-refractivity contribution < 1.29 is 4.74 Å². The fourth-order valence-electron chi connectivity index (χ4n) is 2.13. The van der Waals surface area contributed by atoms with Crippen molar-refractivity contribution in [1.29, 1.82) is 0 Å².